The van der Waals surface area contributed by atoms with Gasteiger partial charge in [0, 0.05) is 31.2 Å². The summed E-state index contributed by atoms with van der Waals surface area (Å²) in [6.45, 7) is 2.82. The van der Waals surface area contributed by atoms with E-state index >= 15 is 0 Å². The number of ether oxygens (including phenoxy) is 1. The number of fused-ring (bicyclic) bond motifs is 1. The van der Waals surface area contributed by atoms with Gasteiger partial charge < -0.3 is 9.64 Å². The van der Waals surface area contributed by atoms with Crippen LogP contribution in [0.25, 0.3) is 0 Å². The normalized spacial score (nSPS) is 31.1. The van der Waals surface area contributed by atoms with E-state index in [1.54, 1.807) is 23.5 Å². The third-order valence-corrected chi connectivity index (χ3v) is 8.67. The van der Waals surface area contributed by atoms with Crippen molar-refractivity contribution in [2.75, 3.05) is 25.6 Å². The highest BCUT2D eigenvalue weighted by Gasteiger charge is 2.61. The molecule has 6 nitrogen and oxygen atoms in total. The van der Waals surface area contributed by atoms with Crippen LogP contribution in [0, 0.1) is 17.2 Å². The van der Waals surface area contributed by atoms with Crippen LogP contribution in [0.4, 0.5) is 5.69 Å². The van der Waals surface area contributed by atoms with Crippen molar-refractivity contribution in [1.82, 2.24) is 4.31 Å². The van der Waals surface area contributed by atoms with Gasteiger partial charge >= 0.3 is 0 Å². The van der Waals surface area contributed by atoms with Gasteiger partial charge in [0.05, 0.1) is 18.4 Å². The van der Waals surface area contributed by atoms with Crippen LogP contribution in [0.1, 0.15) is 51.0 Å². The molecule has 3 saturated carbocycles. The zero-order chi connectivity index (χ0) is 19.4. The summed E-state index contributed by atoms with van der Waals surface area (Å²) in [4.78, 5) is 2.58. The summed E-state index contributed by atoms with van der Waals surface area (Å²) in [6, 6.07) is 5.37. The predicted molar refractivity (Wildman–Crippen MR) is 103 cm³/mol. The molecule has 1 heterocycles. The molecule has 0 saturated heterocycles. The Morgan fingerprint density at radius 3 is 2.56 bits per heavy atom. The molecule has 0 aromatic heterocycles. The Labute approximate surface area is 161 Å². The number of unbranched alkanes of at least 4 members (excludes halogenated alkanes) is 1. The molecule has 7 heteroatoms. The SMILES string of the molecule is CCCC[C@@H]1CN(C23CC(C2)C3)c2cc(C#N)c(OC)cc2S(=O)(=O)N1C. The number of anilines is 1. The largest absolute Gasteiger partial charge is 0.495 e. The zero-order valence-corrected chi connectivity index (χ0v) is 17.1. The highest BCUT2D eigenvalue weighted by atomic mass is 32.2. The van der Waals surface area contributed by atoms with Crippen molar-refractivity contribution >= 4 is 15.7 Å². The van der Waals surface area contributed by atoms with Crippen LogP contribution in [0.2, 0.25) is 0 Å². The number of rotatable bonds is 5. The number of likely N-dealkylation sites (N-methyl/N-ethyl adjacent to an activating group) is 1. The molecule has 0 unspecified atom stereocenters. The van der Waals surface area contributed by atoms with E-state index in [1.165, 1.54) is 7.11 Å². The molecule has 1 aromatic carbocycles. The number of methoxy groups -OCH3 is 1. The lowest BCUT2D eigenvalue weighted by Gasteiger charge is -2.67. The number of sulfonamides is 1. The maximum Gasteiger partial charge on any atom is 0.245 e. The molecule has 3 fully saturated rings. The summed E-state index contributed by atoms with van der Waals surface area (Å²) in [5, 5.41) is 9.53. The van der Waals surface area contributed by atoms with Crippen LogP contribution in [0.15, 0.2) is 17.0 Å². The van der Waals surface area contributed by atoms with Crippen molar-refractivity contribution in [3.05, 3.63) is 17.7 Å². The molecule has 0 N–H and O–H groups in total. The van der Waals surface area contributed by atoms with Crippen molar-refractivity contribution in [1.29, 1.82) is 5.26 Å². The summed E-state index contributed by atoms with van der Waals surface area (Å²) in [5.41, 5.74) is 1.14. The third-order valence-electron chi connectivity index (χ3n) is 6.73. The maximum absolute atomic E-state index is 13.4. The minimum absolute atomic E-state index is 0.0621. The van der Waals surface area contributed by atoms with Gasteiger partial charge in [-0.15, -0.1) is 0 Å². The molecule has 2 bridgehead atoms. The van der Waals surface area contributed by atoms with E-state index < -0.39 is 10.0 Å². The predicted octanol–water partition coefficient (Wildman–Crippen LogP) is 3.12. The Balaban J connectivity index is 1.88. The van der Waals surface area contributed by atoms with Crippen molar-refractivity contribution in [2.24, 2.45) is 5.92 Å². The maximum atomic E-state index is 13.4. The van der Waals surface area contributed by atoms with Gasteiger partial charge in [-0.3, -0.25) is 0 Å². The van der Waals surface area contributed by atoms with Crippen LogP contribution >= 0.6 is 0 Å². The summed E-state index contributed by atoms with van der Waals surface area (Å²) in [6.07, 6.45) is 6.27. The number of nitrogens with zero attached hydrogens (tertiary/aromatic N) is 3. The first-order valence-corrected chi connectivity index (χ1v) is 11.2. The van der Waals surface area contributed by atoms with E-state index in [1.807, 2.05) is 0 Å². The second-order valence-corrected chi connectivity index (χ2v) is 10.2. The quantitative estimate of drug-likeness (QED) is 0.774. The molecule has 1 aliphatic heterocycles. The fraction of sp³-hybridized carbons (Fsp3) is 0.650. The molecular formula is C20H27N3O3S. The average Bonchev–Trinajstić information content (AvgIpc) is 2.65. The summed E-state index contributed by atoms with van der Waals surface area (Å²) < 4.78 is 33.7. The summed E-state index contributed by atoms with van der Waals surface area (Å²) in [5.74, 6) is 1.10. The van der Waals surface area contributed by atoms with E-state index in [-0.39, 0.29) is 16.5 Å². The van der Waals surface area contributed by atoms with Crippen LogP contribution in [-0.4, -0.2) is 45.0 Å². The van der Waals surface area contributed by atoms with Gasteiger partial charge in [0.25, 0.3) is 0 Å². The molecule has 146 valence electrons. The second kappa shape index (κ2) is 6.39. The second-order valence-electron chi connectivity index (χ2n) is 8.26. The van der Waals surface area contributed by atoms with Crippen molar-refractivity contribution < 1.29 is 13.2 Å². The van der Waals surface area contributed by atoms with Crippen LogP contribution < -0.4 is 9.64 Å². The first kappa shape index (κ1) is 18.6. The Morgan fingerprint density at radius 2 is 2.04 bits per heavy atom. The fourth-order valence-corrected chi connectivity index (χ4v) is 6.49. The molecule has 4 aliphatic rings. The molecule has 0 radical (unpaired) electrons. The van der Waals surface area contributed by atoms with Crippen molar-refractivity contribution in [3.8, 4) is 11.8 Å². The Bertz CT molecular complexity index is 889. The number of hydrogen-bond acceptors (Lipinski definition) is 5. The highest BCUT2D eigenvalue weighted by molar-refractivity contribution is 7.89. The lowest BCUT2D eigenvalue weighted by atomic mass is 9.49. The molecule has 1 aromatic rings. The van der Waals surface area contributed by atoms with Crippen LogP contribution in [0.5, 0.6) is 5.75 Å². The first-order chi connectivity index (χ1) is 12.9. The molecule has 27 heavy (non-hydrogen) atoms. The smallest absolute Gasteiger partial charge is 0.245 e. The topological polar surface area (TPSA) is 73.6 Å². The van der Waals surface area contributed by atoms with E-state index in [4.69, 9.17) is 4.74 Å². The van der Waals surface area contributed by atoms with Crippen molar-refractivity contribution in [2.45, 2.75) is 61.9 Å². The van der Waals surface area contributed by atoms with Gasteiger partial charge in [0.1, 0.15) is 16.7 Å². The van der Waals surface area contributed by atoms with Gasteiger partial charge in [-0.05, 0) is 37.7 Å². The van der Waals surface area contributed by atoms with Gasteiger partial charge in [0.2, 0.25) is 10.0 Å². The van der Waals surface area contributed by atoms with Crippen LogP contribution in [0.3, 0.4) is 0 Å². The minimum Gasteiger partial charge on any atom is -0.495 e. The molecule has 0 spiro atoms. The van der Waals surface area contributed by atoms with E-state index in [0.717, 1.165) is 44.4 Å². The zero-order valence-electron chi connectivity index (χ0n) is 16.2. The lowest BCUT2D eigenvalue weighted by Crippen LogP contribution is -2.69. The standard InChI is InChI=1S/C20H27N3O3S/c1-4-5-6-16-13-23(20-9-14(10-20)11-20)17-7-15(12-21)18(26-3)8-19(17)27(24,25)22(16)2/h7-8,14,16H,4-6,9-11,13H2,1-3H3/t14?,16-,20?/m1/s1. The van der Waals surface area contributed by atoms with Gasteiger partial charge in [-0.2, -0.15) is 9.57 Å². The third kappa shape index (κ3) is 2.65. The Morgan fingerprint density at radius 1 is 1.33 bits per heavy atom. The Kier molecular flexibility index (Phi) is 4.39. The summed E-state index contributed by atoms with van der Waals surface area (Å²) in [7, 11) is -0.491. The Hall–Kier alpha value is -1.78. The highest BCUT2D eigenvalue weighted by Crippen LogP contribution is 2.62. The lowest BCUT2D eigenvalue weighted by molar-refractivity contribution is -0.0270. The molecule has 3 aliphatic carbocycles. The molecular weight excluding hydrogens is 362 g/mol. The molecule has 0 amide bonds. The summed E-state index contributed by atoms with van der Waals surface area (Å²) >= 11 is 0. The fourth-order valence-electron chi connectivity index (χ4n) is 4.92. The van der Waals surface area contributed by atoms with E-state index in [0.29, 0.717) is 23.5 Å². The molecule has 1 atom stereocenters. The van der Waals surface area contributed by atoms with Gasteiger partial charge in [0.15, 0.2) is 0 Å². The number of hydrogen-bond donors (Lipinski definition) is 0. The first-order valence-electron chi connectivity index (χ1n) is 9.74. The van der Waals surface area contributed by atoms with E-state index in [2.05, 4.69) is 17.9 Å². The monoisotopic (exact) mass is 389 g/mol. The van der Waals surface area contributed by atoms with Crippen LogP contribution in [-0.2, 0) is 10.0 Å². The number of benzene rings is 1. The molecule has 5 rings (SSSR count). The number of nitriles is 1. The minimum atomic E-state index is -3.65. The van der Waals surface area contributed by atoms with E-state index in [9.17, 15) is 13.7 Å². The van der Waals surface area contributed by atoms with Gasteiger partial charge in [-0.1, -0.05) is 19.8 Å². The van der Waals surface area contributed by atoms with Crippen molar-refractivity contribution in [3.63, 3.8) is 0 Å². The van der Waals surface area contributed by atoms with Gasteiger partial charge in [-0.25, -0.2) is 8.42 Å². The average molecular weight is 390 g/mol.